The van der Waals surface area contributed by atoms with Gasteiger partial charge in [0.15, 0.2) is 0 Å². The molecule has 0 radical (unpaired) electrons. The largest absolute Gasteiger partial charge is 0.369 e. The van der Waals surface area contributed by atoms with Gasteiger partial charge in [0.1, 0.15) is 0 Å². The van der Waals surface area contributed by atoms with E-state index in [0.717, 1.165) is 43.5 Å². The van der Waals surface area contributed by atoms with E-state index in [1.807, 2.05) is 12.1 Å². The minimum Gasteiger partial charge on any atom is -0.369 e. The van der Waals surface area contributed by atoms with Gasteiger partial charge in [0.25, 0.3) is 0 Å². The number of fused-ring (bicyclic) bond motifs is 1. The predicted molar refractivity (Wildman–Crippen MR) is 120 cm³/mol. The molecule has 3 aromatic rings. The zero-order valence-corrected chi connectivity index (χ0v) is 17.0. The van der Waals surface area contributed by atoms with Crippen molar-refractivity contribution >= 4 is 29.0 Å². The van der Waals surface area contributed by atoms with Crippen LogP contribution in [0.25, 0.3) is 10.9 Å². The molecule has 148 valence electrons. The summed E-state index contributed by atoms with van der Waals surface area (Å²) in [6.45, 7) is 5.72. The molecule has 1 N–H and O–H groups in total. The Balaban J connectivity index is 0.00000225. The van der Waals surface area contributed by atoms with E-state index in [0.29, 0.717) is 0 Å². The summed E-state index contributed by atoms with van der Waals surface area (Å²) in [6, 6.07) is 20.6. The first-order valence-electron chi connectivity index (χ1n) is 9.92. The van der Waals surface area contributed by atoms with Crippen LogP contribution >= 0.6 is 12.4 Å². The van der Waals surface area contributed by atoms with Crippen molar-refractivity contribution in [1.29, 1.82) is 0 Å². The van der Waals surface area contributed by atoms with Crippen LogP contribution in [0.3, 0.4) is 0 Å². The third kappa shape index (κ3) is 5.15. The van der Waals surface area contributed by atoms with E-state index < -0.39 is 0 Å². The second kappa shape index (κ2) is 9.76. The summed E-state index contributed by atoms with van der Waals surface area (Å²) >= 11 is 0. The third-order valence-corrected chi connectivity index (χ3v) is 5.47. The van der Waals surface area contributed by atoms with E-state index >= 15 is 0 Å². The average Bonchev–Trinajstić information content (AvgIpc) is 2.72. The summed E-state index contributed by atoms with van der Waals surface area (Å²) in [5.74, 6) is 0. The number of benzene rings is 2. The minimum absolute atomic E-state index is 0. The maximum Gasteiger partial charge on any atom is 0.248 e. The molecule has 1 saturated heterocycles. The van der Waals surface area contributed by atoms with Gasteiger partial charge in [-0.25, -0.2) is 0 Å². The number of H-pyrrole nitrogens is 1. The highest BCUT2D eigenvalue weighted by molar-refractivity contribution is 5.85. The molecule has 0 amide bonds. The first-order valence-corrected chi connectivity index (χ1v) is 9.92. The number of piperazine rings is 1. The maximum absolute atomic E-state index is 11.4. The highest BCUT2D eigenvalue weighted by atomic mass is 35.5. The molecular formula is C23H28ClN3O. The molecule has 4 nitrogen and oxygen atoms in total. The second-order valence-electron chi connectivity index (χ2n) is 7.37. The Hall–Kier alpha value is -2.30. The summed E-state index contributed by atoms with van der Waals surface area (Å²) in [5.41, 5.74) is 3.57. The summed E-state index contributed by atoms with van der Waals surface area (Å²) in [5, 5.41) is 1.11. The number of anilines is 1. The Bertz CT molecular complexity index is 933. The molecule has 28 heavy (non-hydrogen) atoms. The molecule has 0 bridgehead atoms. The minimum atomic E-state index is -0.0392. The van der Waals surface area contributed by atoms with Crippen molar-refractivity contribution in [2.45, 2.75) is 19.3 Å². The van der Waals surface area contributed by atoms with Crippen molar-refractivity contribution < 1.29 is 0 Å². The van der Waals surface area contributed by atoms with Crippen molar-refractivity contribution in [1.82, 2.24) is 9.88 Å². The van der Waals surface area contributed by atoms with E-state index in [1.54, 1.807) is 6.07 Å². The number of hydrogen-bond donors (Lipinski definition) is 1. The van der Waals surface area contributed by atoms with Gasteiger partial charge in [0.2, 0.25) is 5.56 Å². The fourth-order valence-electron chi connectivity index (χ4n) is 3.89. The third-order valence-electron chi connectivity index (χ3n) is 5.47. The highest BCUT2D eigenvalue weighted by Gasteiger charge is 2.16. The average molecular weight is 398 g/mol. The Labute approximate surface area is 172 Å². The van der Waals surface area contributed by atoms with Gasteiger partial charge in [-0.1, -0.05) is 24.3 Å². The molecule has 0 unspecified atom stereocenters. The smallest absolute Gasteiger partial charge is 0.248 e. The van der Waals surface area contributed by atoms with Crippen LogP contribution in [0, 0.1) is 0 Å². The van der Waals surface area contributed by atoms with Gasteiger partial charge in [-0.15, -0.1) is 12.4 Å². The number of pyridine rings is 1. The number of aryl methyl sites for hydroxylation is 1. The highest BCUT2D eigenvalue weighted by Crippen LogP contribution is 2.17. The Morgan fingerprint density at radius 2 is 1.64 bits per heavy atom. The molecule has 0 saturated carbocycles. The molecule has 5 heteroatoms. The summed E-state index contributed by atoms with van der Waals surface area (Å²) < 4.78 is 0. The van der Waals surface area contributed by atoms with Crippen LogP contribution < -0.4 is 10.5 Å². The lowest BCUT2D eigenvalue weighted by atomic mass is 10.1. The number of nitrogens with zero attached hydrogens (tertiary/aromatic N) is 2. The first kappa shape index (κ1) is 20.4. The molecule has 1 aromatic heterocycles. The quantitative estimate of drug-likeness (QED) is 0.636. The standard InChI is InChI=1S/C23H27N3O.ClH/c27-23-12-10-20-18-19(9-11-22(20)24-23)6-4-5-13-25-14-16-26(17-15-25)21-7-2-1-3-8-21;/h1-3,7-12,18H,4-6,13-17H2,(H,24,27);1H. The lowest BCUT2D eigenvalue weighted by Crippen LogP contribution is -2.46. The van der Waals surface area contributed by atoms with Crippen molar-refractivity contribution in [3.8, 4) is 0 Å². The molecule has 0 aliphatic carbocycles. The molecular weight excluding hydrogens is 370 g/mol. The van der Waals surface area contributed by atoms with Crippen LogP contribution in [0.2, 0.25) is 0 Å². The zero-order valence-electron chi connectivity index (χ0n) is 16.1. The Morgan fingerprint density at radius 1 is 0.857 bits per heavy atom. The van der Waals surface area contributed by atoms with Crippen LogP contribution in [0.5, 0.6) is 0 Å². The topological polar surface area (TPSA) is 39.3 Å². The van der Waals surface area contributed by atoms with E-state index in [9.17, 15) is 4.79 Å². The van der Waals surface area contributed by atoms with Gasteiger partial charge in [0, 0.05) is 43.4 Å². The molecule has 1 aliphatic heterocycles. The number of unbranched alkanes of at least 4 members (excludes halogenated alkanes) is 1. The number of hydrogen-bond acceptors (Lipinski definition) is 3. The van der Waals surface area contributed by atoms with Crippen molar-refractivity contribution in [3.05, 3.63) is 76.6 Å². The van der Waals surface area contributed by atoms with Gasteiger partial charge in [-0.2, -0.15) is 0 Å². The maximum atomic E-state index is 11.4. The molecule has 2 heterocycles. The van der Waals surface area contributed by atoms with Crippen LogP contribution in [-0.2, 0) is 6.42 Å². The van der Waals surface area contributed by atoms with Crippen molar-refractivity contribution in [3.63, 3.8) is 0 Å². The second-order valence-corrected chi connectivity index (χ2v) is 7.37. The lowest BCUT2D eigenvalue weighted by molar-refractivity contribution is 0.253. The number of aromatic amines is 1. The first-order chi connectivity index (χ1) is 13.3. The van der Waals surface area contributed by atoms with Crippen LogP contribution in [0.4, 0.5) is 5.69 Å². The zero-order chi connectivity index (χ0) is 18.5. The monoisotopic (exact) mass is 397 g/mol. The van der Waals surface area contributed by atoms with E-state index in [1.165, 1.54) is 30.6 Å². The predicted octanol–water partition coefficient (Wildman–Crippen LogP) is 4.09. The van der Waals surface area contributed by atoms with Crippen LogP contribution in [0.15, 0.2) is 65.5 Å². The fourth-order valence-corrected chi connectivity index (χ4v) is 3.89. The molecule has 2 aromatic carbocycles. The van der Waals surface area contributed by atoms with E-state index in [-0.39, 0.29) is 18.0 Å². The SMILES string of the molecule is Cl.O=c1ccc2cc(CCCCN3CCN(c4ccccc4)CC3)ccc2[nH]1. The molecule has 0 atom stereocenters. The van der Waals surface area contributed by atoms with E-state index in [2.05, 4.69) is 57.2 Å². The number of nitrogens with one attached hydrogen (secondary N) is 1. The van der Waals surface area contributed by atoms with Crippen molar-refractivity contribution in [2.75, 3.05) is 37.6 Å². The van der Waals surface area contributed by atoms with Crippen LogP contribution in [-0.4, -0.2) is 42.6 Å². The van der Waals surface area contributed by atoms with Gasteiger partial charge in [0.05, 0.1) is 0 Å². The normalized spacial score (nSPS) is 14.8. The van der Waals surface area contributed by atoms with Crippen molar-refractivity contribution in [2.24, 2.45) is 0 Å². The number of rotatable bonds is 6. The molecule has 0 spiro atoms. The van der Waals surface area contributed by atoms with E-state index in [4.69, 9.17) is 0 Å². The molecule has 1 aliphatic rings. The van der Waals surface area contributed by atoms with Gasteiger partial charge >= 0.3 is 0 Å². The van der Waals surface area contributed by atoms with Crippen LogP contribution in [0.1, 0.15) is 18.4 Å². The number of para-hydroxylation sites is 1. The Morgan fingerprint density at radius 3 is 2.43 bits per heavy atom. The summed E-state index contributed by atoms with van der Waals surface area (Å²) in [7, 11) is 0. The number of halogens is 1. The lowest BCUT2D eigenvalue weighted by Gasteiger charge is -2.36. The fraction of sp³-hybridized carbons (Fsp3) is 0.348. The summed E-state index contributed by atoms with van der Waals surface area (Å²) in [6.07, 6.45) is 3.53. The molecule has 1 fully saturated rings. The van der Waals surface area contributed by atoms with Gasteiger partial charge in [-0.3, -0.25) is 9.69 Å². The summed E-state index contributed by atoms with van der Waals surface area (Å²) in [4.78, 5) is 19.3. The van der Waals surface area contributed by atoms with Gasteiger partial charge < -0.3 is 9.88 Å². The Kier molecular flexibility index (Phi) is 7.12. The van der Waals surface area contributed by atoms with Gasteiger partial charge in [-0.05, 0) is 67.1 Å². The number of aromatic nitrogens is 1. The molecule has 4 rings (SSSR count).